The van der Waals surface area contributed by atoms with Crippen molar-refractivity contribution >= 4 is 17.5 Å². The fourth-order valence-electron chi connectivity index (χ4n) is 2.62. The summed E-state index contributed by atoms with van der Waals surface area (Å²) >= 11 is 0. The third-order valence-electron chi connectivity index (χ3n) is 3.88. The van der Waals surface area contributed by atoms with Gasteiger partial charge in [-0.15, -0.1) is 0 Å². The van der Waals surface area contributed by atoms with Gasteiger partial charge in [-0.3, -0.25) is 9.59 Å². The summed E-state index contributed by atoms with van der Waals surface area (Å²) in [4.78, 5) is 30.0. The van der Waals surface area contributed by atoms with Crippen LogP contribution in [0.5, 0.6) is 0 Å². The molecule has 1 saturated heterocycles. The zero-order valence-electron chi connectivity index (χ0n) is 13.0. The monoisotopic (exact) mass is 313 g/mol. The fraction of sp³-hybridized carbons (Fsp3) is 0.353. The summed E-state index contributed by atoms with van der Waals surface area (Å²) in [5.74, 6) is 0.297. The number of carbonyl (C=O) groups is 2. The minimum atomic E-state index is -0.317. The van der Waals surface area contributed by atoms with Crippen molar-refractivity contribution in [3.8, 4) is 0 Å². The van der Waals surface area contributed by atoms with Gasteiger partial charge in [0.1, 0.15) is 6.26 Å². The Bertz CT molecular complexity index is 700. The van der Waals surface area contributed by atoms with Crippen molar-refractivity contribution in [1.82, 2.24) is 9.88 Å². The van der Waals surface area contributed by atoms with Crippen LogP contribution in [-0.4, -0.2) is 34.8 Å². The highest BCUT2D eigenvalue weighted by Crippen LogP contribution is 2.14. The SMILES string of the molecule is Cc1nc(C(=O)Nc2ccc(CC(=O)N3CCCC3)cc2)co1. The lowest BCUT2D eigenvalue weighted by Crippen LogP contribution is -2.29. The van der Waals surface area contributed by atoms with Crippen LogP contribution in [0, 0.1) is 6.92 Å². The van der Waals surface area contributed by atoms with Crippen molar-refractivity contribution in [2.24, 2.45) is 0 Å². The molecule has 0 spiro atoms. The molecule has 1 aromatic carbocycles. The van der Waals surface area contributed by atoms with Crippen molar-refractivity contribution in [2.75, 3.05) is 18.4 Å². The molecule has 1 aromatic heterocycles. The third kappa shape index (κ3) is 3.77. The summed E-state index contributed by atoms with van der Waals surface area (Å²) in [5, 5.41) is 2.75. The first-order valence-electron chi connectivity index (χ1n) is 7.72. The van der Waals surface area contributed by atoms with Gasteiger partial charge in [0.05, 0.1) is 6.42 Å². The third-order valence-corrected chi connectivity index (χ3v) is 3.88. The summed E-state index contributed by atoms with van der Waals surface area (Å²) in [5.41, 5.74) is 1.85. The molecular weight excluding hydrogens is 294 g/mol. The van der Waals surface area contributed by atoms with Crippen molar-refractivity contribution in [3.05, 3.63) is 47.7 Å². The Balaban J connectivity index is 1.58. The van der Waals surface area contributed by atoms with Crippen LogP contribution in [0.2, 0.25) is 0 Å². The average molecular weight is 313 g/mol. The van der Waals surface area contributed by atoms with Gasteiger partial charge in [-0.2, -0.15) is 0 Å². The fourth-order valence-corrected chi connectivity index (χ4v) is 2.62. The number of amides is 2. The highest BCUT2D eigenvalue weighted by molar-refractivity contribution is 6.02. The first-order valence-corrected chi connectivity index (χ1v) is 7.72. The molecule has 6 nitrogen and oxygen atoms in total. The largest absolute Gasteiger partial charge is 0.448 e. The number of nitrogens with one attached hydrogen (secondary N) is 1. The zero-order valence-corrected chi connectivity index (χ0v) is 13.0. The summed E-state index contributed by atoms with van der Waals surface area (Å²) in [6.07, 6.45) is 3.92. The topological polar surface area (TPSA) is 75.4 Å². The molecule has 0 atom stereocenters. The van der Waals surface area contributed by atoms with Crippen LogP contribution in [0.15, 0.2) is 34.9 Å². The number of likely N-dealkylation sites (tertiary alicyclic amines) is 1. The summed E-state index contributed by atoms with van der Waals surface area (Å²) in [6, 6.07) is 7.30. The number of anilines is 1. The predicted molar refractivity (Wildman–Crippen MR) is 85.2 cm³/mol. The molecule has 1 N–H and O–H groups in total. The first kappa shape index (κ1) is 15.3. The number of carbonyl (C=O) groups excluding carboxylic acids is 2. The maximum absolute atomic E-state index is 12.1. The van der Waals surface area contributed by atoms with Crippen LogP contribution >= 0.6 is 0 Å². The lowest BCUT2D eigenvalue weighted by Gasteiger charge is -2.15. The summed E-state index contributed by atoms with van der Waals surface area (Å²) in [6.45, 7) is 3.41. The van der Waals surface area contributed by atoms with E-state index in [-0.39, 0.29) is 17.5 Å². The Morgan fingerprint density at radius 2 is 1.91 bits per heavy atom. The van der Waals surface area contributed by atoms with Gasteiger partial charge in [0.25, 0.3) is 5.91 Å². The Labute approximate surface area is 134 Å². The number of aryl methyl sites for hydroxylation is 1. The number of aromatic nitrogens is 1. The van der Waals surface area contributed by atoms with Gasteiger partial charge in [-0.25, -0.2) is 4.98 Å². The van der Waals surface area contributed by atoms with E-state index in [0.717, 1.165) is 31.5 Å². The second-order valence-corrected chi connectivity index (χ2v) is 5.67. The second-order valence-electron chi connectivity index (χ2n) is 5.67. The van der Waals surface area contributed by atoms with Gasteiger partial charge >= 0.3 is 0 Å². The van der Waals surface area contributed by atoms with Crippen molar-refractivity contribution < 1.29 is 14.0 Å². The van der Waals surface area contributed by atoms with Gasteiger partial charge in [-0.1, -0.05) is 12.1 Å². The average Bonchev–Trinajstić information content (AvgIpc) is 3.20. The maximum Gasteiger partial charge on any atom is 0.277 e. The van der Waals surface area contributed by atoms with Crippen LogP contribution in [0.4, 0.5) is 5.69 Å². The molecule has 1 aliphatic heterocycles. The van der Waals surface area contributed by atoms with Crippen molar-refractivity contribution in [1.29, 1.82) is 0 Å². The molecule has 2 heterocycles. The predicted octanol–water partition coefficient (Wildman–Crippen LogP) is 2.40. The van der Waals surface area contributed by atoms with E-state index in [2.05, 4.69) is 10.3 Å². The van der Waals surface area contributed by atoms with Crippen LogP contribution in [0.3, 0.4) is 0 Å². The lowest BCUT2D eigenvalue weighted by molar-refractivity contribution is -0.129. The van der Waals surface area contributed by atoms with E-state index >= 15 is 0 Å². The Morgan fingerprint density at radius 1 is 1.22 bits per heavy atom. The van der Waals surface area contributed by atoms with Gasteiger partial charge in [0.2, 0.25) is 5.91 Å². The number of rotatable bonds is 4. The molecule has 0 unspecified atom stereocenters. The van der Waals surface area contributed by atoms with Crippen molar-refractivity contribution in [2.45, 2.75) is 26.2 Å². The molecule has 6 heteroatoms. The van der Waals surface area contributed by atoms with Gasteiger partial charge in [-0.05, 0) is 30.5 Å². The smallest absolute Gasteiger partial charge is 0.277 e. The van der Waals surface area contributed by atoms with Crippen LogP contribution in [0.1, 0.15) is 34.8 Å². The number of hydrogen-bond donors (Lipinski definition) is 1. The van der Waals surface area contributed by atoms with E-state index in [9.17, 15) is 9.59 Å². The molecule has 120 valence electrons. The van der Waals surface area contributed by atoms with Gasteiger partial charge in [0, 0.05) is 25.7 Å². The van der Waals surface area contributed by atoms with Crippen LogP contribution < -0.4 is 5.32 Å². The number of oxazole rings is 1. The quantitative estimate of drug-likeness (QED) is 0.940. The van der Waals surface area contributed by atoms with Gasteiger partial charge in [0.15, 0.2) is 11.6 Å². The van der Waals surface area contributed by atoms with E-state index in [4.69, 9.17) is 4.42 Å². The Kier molecular flexibility index (Phi) is 4.41. The summed E-state index contributed by atoms with van der Waals surface area (Å²) < 4.78 is 5.02. The van der Waals surface area contributed by atoms with E-state index in [0.29, 0.717) is 18.0 Å². The molecule has 0 bridgehead atoms. The molecule has 23 heavy (non-hydrogen) atoms. The molecule has 0 aliphatic carbocycles. The molecule has 1 fully saturated rings. The molecule has 1 aliphatic rings. The minimum Gasteiger partial charge on any atom is -0.448 e. The van der Waals surface area contributed by atoms with Crippen molar-refractivity contribution in [3.63, 3.8) is 0 Å². The lowest BCUT2D eigenvalue weighted by atomic mass is 10.1. The number of hydrogen-bond acceptors (Lipinski definition) is 4. The zero-order chi connectivity index (χ0) is 16.2. The second kappa shape index (κ2) is 6.64. The minimum absolute atomic E-state index is 0.164. The number of nitrogens with zero attached hydrogens (tertiary/aromatic N) is 2. The van der Waals surface area contributed by atoms with Gasteiger partial charge < -0.3 is 14.6 Å². The highest BCUT2D eigenvalue weighted by atomic mass is 16.3. The molecule has 3 rings (SSSR count). The van der Waals surface area contributed by atoms with E-state index in [1.165, 1.54) is 6.26 Å². The standard InChI is InChI=1S/C17H19N3O3/c1-12-18-15(11-23-12)17(22)19-14-6-4-13(5-7-14)10-16(21)20-8-2-3-9-20/h4-7,11H,2-3,8-10H2,1H3,(H,19,22). The maximum atomic E-state index is 12.1. The van der Waals surface area contributed by atoms with Crippen LogP contribution in [0.25, 0.3) is 0 Å². The molecule has 2 amide bonds. The number of benzene rings is 1. The Hall–Kier alpha value is -2.63. The normalized spacial score (nSPS) is 14.0. The molecule has 0 saturated carbocycles. The molecular formula is C17H19N3O3. The summed E-state index contributed by atoms with van der Waals surface area (Å²) in [7, 11) is 0. The van der Waals surface area contributed by atoms with Crippen LogP contribution in [-0.2, 0) is 11.2 Å². The molecule has 2 aromatic rings. The van der Waals surface area contributed by atoms with E-state index in [1.54, 1.807) is 19.1 Å². The molecule has 0 radical (unpaired) electrons. The Morgan fingerprint density at radius 3 is 2.52 bits per heavy atom. The van der Waals surface area contributed by atoms with E-state index < -0.39 is 0 Å². The highest BCUT2D eigenvalue weighted by Gasteiger charge is 2.18. The van der Waals surface area contributed by atoms with E-state index in [1.807, 2.05) is 17.0 Å². The first-order chi connectivity index (χ1) is 11.1.